The van der Waals surface area contributed by atoms with Crippen LogP contribution in [-0.2, 0) is 10.2 Å². The van der Waals surface area contributed by atoms with Crippen molar-refractivity contribution in [3.05, 3.63) is 48.6 Å². The van der Waals surface area contributed by atoms with E-state index in [4.69, 9.17) is 17.0 Å². The highest BCUT2D eigenvalue weighted by atomic mass is 32.1. The van der Waals surface area contributed by atoms with Crippen molar-refractivity contribution in [3.8, 4) is 0 Å². The van der Waals surface area contributed by atoms with Crippen LogP contribution in [0.4, 0.5) is 0 Å². The highest BCUT2D eigenvalue weighted by Gasteiger charge is 2.63. The van der Waals surface area contributed by atoms with Crippen LogP contribution in [0.1, 0.15) is 32.3 Å². The molecule has 0 bridgehead atoms. The average molecular weight is 286 g/mol. The van der Waals surface area contributed by atoms with Crippen LogP contribution in [0, 0.1) is 17.3 Å². The predicted octanol–water partition coefficient (Wildman–Crippen LogP) is 4.52. The van der Waals surface area contributed by atoms with Gasteiger partial charge in [0.15, 0.2) is 5.05 Å². The van der Waals surface area contributed by atoms with Gasteiger partial charge in [-0.15, -0.1) is 6.58 Å². The first kappa shape index (κ1) is 13.8. The molecule has 1 heterocycles. The summed E-state index contributed by atoms with van der Waals surface area (Å²) < 4.78 is 5.82. The third-order valence-electron chi connectivity index (χ3n) is 5.63. The molecule has 0 radical (unpaired) electrons. The molecule has 0 amide bonds. The number of ether oxygens (including phenoxy) is 1. The van der Waals surface area contributed by atoms with Crippen LogP contribution >= 0.6 is 12.2 Å². The molecule has 1 saturated heterocycles. The molecular formula is C18H22OS. The van der Waals surface area contributed by atoms with E-state index >= 15 is 0 Å². The fourth-order valence-corrected chi connectivity index (χ4v) is 5.15. The van der Waals surface area contributed by atoms with Crippen LogP contribution in [0.25, 0.3) is 0 Å². The van der Waals surface area contributed by atoms with E-state index in [0.717, 1.165) is 24.5 Å². The summed E-state index contributed by atoms with van der Waals surface area (Å²) in [4.78, 5) is 0. The standard InChI is InChI=1S/C18H22OS/c1-4-10-18-11-13(2)17(3,14-8-6-5-7-9-14)15(18)16(20)19-12-18/h4-9,13,15H,1,10-12H2,2-3H3/t13?,15-,17-,18-/m1/s1. The van der Waals surface area contributed by atoms with Gasteiger partial charge in [0, 0.05) is 16.7 Å². The van der Waals surface area contributed by atoms with Crippen molar-refractivity contribution in [1.82, 2.24) is 0 Å². The molecule has 2 heteroatoms. The monoisotopic (exact) mass is 286 g/mol. The Labute approximate surface area is 127 Å². The molecule has 1 aromatic rings. The second kappa shape index (κ2) is 4.70. The molecule has 2 fully saturated rings. The Morgan fingerprint density at radius 2 is 2.10 bits per heavy atom. The molecule has 0 N–H and O–H groups in total. The van der Waals surface area contributed by atoms with Gasteiger partial charge in [-0.2, -0.15) is 0 Å². The molecule has 0 aromatic heterocycles. The highest BCUT2D eigenvalue weighted by molar-refractivity contribution is 7.80. The second-order valence-corrected chi connectivity index (χ2v) is 7.05. The van der Waals surface area contributed by atoms with E-state index in [1.807, 2.05) is 6.08 Å². The normalized spacial score (nSPS) is 39.4. The van der Waals surface area contributed by atoms with Crippen LogP contribution in [0.3, 0.4) is 0 Å². The Morgan fingerprint density at radius 1 is 1.40 bits per heavy atom. The Hall–Kier alpha value is -1.15. The number of fused-ring (bicyclic) bond motifs is 1. The number of hydrogen-bond donors (Lipinski definition) is 0. The average Bonchev–Trinajstić information content (AvgIpc) is 2.87. The maximum Gasteiger partial charge on any atom is 0.164 e. The zero-order chi connectivity index (χ0) is 14.4. The van der Waals surface area contributed by atoms with E-state index in [1.165, 1.54) is 5.56 Å². The summed E-state index contributed by atoms with van der Waals surface area (Å²) in [6.45, 7) is 9.43. The van der Waals surface area contributed by atoms with Gasteiger partial charge < -0.3 is 4.74 Å². The smallest absolute Gasteiger partial charge is 0.164 e. The predicted molar refractivity (Wildman–Crippen MR) is 86.9 cm³/mol. The SMILES string of the molecule is C=CC[C@@]12COC(=S)[C@@H]1[C@@](C)(c1ccccc1)C(C)C2. The number of allylic oxidation sites excluding steroid dienone is 1. The number of benzene rings is 1. The van der Waals surface area contributed by atoms with Gasteiger partial charge in [-0.25, -0.2) is 0 Å². The minimum Gasteiger partial charge on any atom is -0.486 e. The molecule has 1 aliphatic heterocycles. The lowest BCUT2D eigenvalue weighted by Crippen LogP contribution is -2.39. The lowest BCUT2D eigenvalue weighted by molar-refractivity contribution is 0.184. The zero-order valence-electron chi connectivity index (χ0n) is 12.3. The molecule has 106 valence electrons. The summed E-state index contributed by atoms with van der Waals surface area (Å²) in [5.41, 5.74) is 1.61. The summed E-state index contributed by atoms with van der Waals surface area (Å²) in [7, 11) is 0. The number of rotatable bonds is 3. The van der Waals surface area contributed by atoms with E-state index in [2.05, 4.69) is 50.8 Å². The Kier molecular flexibility index (Phi) is 3.24. The lowest BCUT2D eigenvalue weighted by Gasteiger charge is -2.36. The van der Waals surface area contributed by atoms with Crippen LogP contribution in [0.5, 0.6) is 0 Å². The fourth-order valence-electron chi connectivity index (χ4n) is 4.59. The zero-order valence-corrected chi connectivity index (χ0v) is 13.1. The molecule has 1 aliphatic carbocycles. The largest absolute Gasteiger partial charge is 0.486 e. The Morgan fingerprint density at radius 3 is 2.75 bits per heavy atom. The Bertz CT molecular complexity index is 538. The van der Waals surface area contributed by atoms with Crippen LogP contribution in [0.2, 0.25) is 0 Å². The number of hydrogen-bond acceptors (Lipinski definition) is 2. The van der Waals surface area contributed by atoms with Gasteiger partial charge in [-0.1, -0.05) is 50.3 Å². The Balaban J connectivity index is 2.12. The summed E-state index contributed by atoms with van der Waals surface area (Å²) in [5.74, 6) is 0.914. The summed E-state index contributed by atoms with van der Waals surface area (Å²) in [6, 6.07) is 10.8. The minimum atomic E-state index is 0.0673. The number of thiocarbonyl (C=S) groups is 1. The van der Waals surface area contributed by atoms with Gasteiger partial charge in [0.25, 0.3) is 0 Å². The first-order valence-corrected chi connectivity index (χ1v) is 7.78. The topological polar surface area (TPSA) is 9.23 Å². The lowest BCUT2D eigenvalue weighted by atomic mass is 9.65. The van der Waals surface area contributed by atoms with Gasteiger partial charge in [0.05, 0.1) is 6.61 Å². The van der Waals surface area contributed by atoms with E-state index in [1.54, 1.807) is 0 Å². The third kappa shape index (κ3) is 1.70. The molecule has 1 aromatic carbocycles. The van der Waals surface area contributed by atoms with Crippen molar-refractivity contribution >= 4 is 17.3 Å². The molecule has 3 rings (SSSR count). The second-order valence-electron chi connectivity index (χ2n) is 6.65. The van der Waals surface area contributed by atoms with E-state index in [-0.39, 0.29) is 10.8 Å². The van der Waals surface area contributed by atoms with Crippen molar-refractivity contribution in [2.24, 2.45) is 17.3 Å². The van der Waals surface area contributed by atoms with Crippen molar-refractivity contribution in [2.75, 3.05) is 6.61 Å². The van der Waals surface area contributed by atoms with Gasteiger partial charge in [-0.3, -0.25) is 0 Å². The van der Waals surface area contributed by atoms with E-state index < -0.39 is 0 Å². The molecule has 4 atom stereocenters. The summed E-state index contributed by atoms with van der Waals surface area (Å²) in [6.07, 6.45) is 4.19. The van der Waals surface area contributed by atoms with Gasteiger partial charge in [0.1, 0.15) is 0 Å². The van der Waals surface area contributed by atoms with Gasteiger partial charge in [0.2, 0.25) is 0 Å². The van der Waals surface area contributed by atoms with E-state index in [9.17, 15) is 0 Å². The fraction of sp³-hybridized carbons (Fsp3) is 0.500. The van der Waals surface area contributed by atoms with Crippen LogP contribution in [0.15, 0.2) is 43.0 Å². The highest BCUT2D eigenvalue weighted by Crippen LogP contribution is 2.63. The maximum atomic E-state index is 5.82. The first-order chi connectivity index (χ1) is 9.54. The molecule has 1 unspecified atom stereocenters. The molecule has 1 nitrogen and oxygen atoms in total. The summed E-state index contributed by atoms with van der Waals surface area (Å²) in [5, 5.41) is 0.808. The minimum absolute atomic E-state index is 0.0673. The van der Waals surface area contributed by atoms with Crippen molar-refractivity contribution in [3.63, 3.8) is 0 Å². The quantitative estimate of drug-likeness (QED) is 0.597. The van der Waals surface area contributed by atoms with Crippen molar-refractivity contribution in [2.45, 2.75) is 32.1 Å². The molecule has 2 aliphatic rings. The van der Waals surface area contributed by atoms with E-state index in [0.29, 0.717) is 11.8 Å². The molecule has 0 spiro atoms. The van der Waals surface area contributed by atoms with Crippen molar-refractivity contribution in [1.29, 1.82) is 0 Å². The summed E-state index contributed by atoms with van der Waals surface area (Å²) >= 11 is 5.59. The third-order valence-corrected chi connectivity index (χ3v) is 5.99. The van der Waals surface area contributed by atoms with Crippen molar-refractivity contribution < 1.29 is 4.74 Å². The van der Waals surface area contributed by atoms with Crippen LogP contribution < -0.4 is 0 Å². The van der Waals surface area contributed by atoms with Crippen LogP contribution in [-0.4, -0.2) is 11.7 Å². The molecule has 1 saturated carbocycles. The first-order valence-electron chi connectivity index (χ1n) is 7.38. The maximum absolute atomic E-state index is 5.82. The molecular weight excluding hydrogens is 264 g/mol. The van der Waals surface area contributed by atoms with Gasteiger partial charge >= 0.3 is 0 Å². The van der Waals surface area contributed by atoms with Gasteiger partial charge in [-0.05, 0) is 36.5 Å². The molecule has 20 heavy (non-hydrogen) atoms.